The van der Waals surface area contributed by atoms with E-state index in [1.807, 2.05) is 0 Å². The lowest BCUT2D eigenvalue weighted by molar-refractivity contribution is -0.305. The Morgan fingerprint density at radius 1 is 1.42 bits per heavy atom. The first kappa shape index (κ1) is 18.5. The van der Waals surface area contributed by atoms with Crippen molar-refractivity contribution in [3.8, 4) is 6.07 Å². The maximum atomic E-state index is 11.9. The summed E-state index contributed by atoms with van der Waals surface area (Å²) in [6.07, 6.45) is 3.50. The molecule has 1 aliphatic carbocycles. The summed E-state index contributed by atoms with van der Waals surface area (Å²) in [6, 6.07) is 2.21. The highest BCUT2D eigenvalue weighted by atomic mass is 32.1. The second-order valence-electron chi connectivity index (χ2n) is 7.02. The highest BCUT2D eigenvalue weighted by molar-refractivity contribution is 7.16. The maximum Gasteiger partial charge on any atom is 0.225 e. The van der Waals surface area contributed by atoms with Crippen LogP contribution >= 0.6 is 11.3 Å². The second kappa shape index (κ2) is 7.35. The highest BCUT2D eigenvalue weighted by Crippen LogP contribution is 2.45. The van der Waals surface area contributed by atoms with Gasteiger partial charge in [-0.15, -0.1) is 11.3 Å². The normalized spacial score (nSPS) is 17.0. The molecule has 1 aliphatic rings. The summed E-state index contributed by atoms with van der Waals surface area (Å²) in [5, 5.41) is 23.2. The monoisotopic (exact) mass is 347 g/mol. The molecular formula is C18H23N2O3S-. The van der Waals surface area contributed by atoms with E-state index >= 15 is 0 Å². The number of hydrogen-bond acceptors (Lipinski definition) is 5. The van der Waals surface area contributed by atoms with Gasteiger partial charge in [0.15, 0.2) is 0 Å². The molecule has 1 aromatic heterocycles. The van der Waals surface area contributed by atoms with E-state index < -0.39 is 5.97 Å². The van der Waals surface area contributed by atoms with Gasteiger partial charge in [-0.05, 0) is 42.6 Å². The zero-order valence-electron chi connectivity index (χ0n) is 14.4. The molecule has 0 aliphatic heterocycles. The Morgan fingerprint density at radius 2 is 2.12 bits per heavy atom. The molecule has 6 heteroatoms. The molecule has 1 atom stereocenters. The Hall–Kier alpha value is -1.87. The Balaban J connectivity index is 2.18. The number of carboxylic acids is 1. The lowest BCUT2D eigenvalue weighted by atomic mass is 9.69. The maximum absolute atomic E-state index is 11.9. The van der Waals surface area contributed by atoms with Gasteiger partial charge in [-0.1, -0.05) is 27.2 Å². The van der Waals surface area contributed by atoms with Crippen molar-refractivity contribution in [1.29, 1.82) is 5.26 Å². The Labute approximate surface area is 146 Å². The standard InChI is InChI=1S/C18H24N2O3S/c1-4-18(2,3)11-5-6-12-13(10-19)17(24-14(12)9-11)20-15(21)7-8-16(22)23/h11H,4-9H2,1-3H3,(H,20,21)(H,22,23)/p-1/t11-/m1/s1. The number of carbonyl (C=O) groups is 2. The van der Waals surface area contributed by atoms with E-state index in [1.54, 1.807) is 0 Å². The van der Waals surface area contributed by atoms with Crippen LogP contribution in [0.3, 0.4) is 0 Å². The minimum Gasteiger partial charge on any atom is -0.550 e. The number of rotatable bonds is 6. The SMILES string of the molecule is CCC(C)(C)[C@@H]1CCc2c(sc(NC(=O)CCC(=O)[O-])c2C#N)C1. The number of nitrogens with zero attached hydrogens (tertiary/aromatic N) is 1. The molecular weight excluding hydrogens is 324 g/mol. The predicted octanol–water partition coefficient (Wildman–Crippen LogP) is 2.63. The predicted molar refractivity (Wildman–Crippen MR) is 91.5 cm³/mol. The molecule has 0 radical (unpaired) electrons. The van der Waals surface area contributed by atoms with E-state index in [-0.39, 0.29) is 24.2 Å². The number of carboxylic acid groups (broad SMARTS) is 1. The summed E-state index contributed by atoms with van der Waals surface area (Å²) in [7, 11) is 0. The van der Waals surface area contributed by atoms with Crippen LogP contribution in [0.5, 0.6) is 0 Å². The topological polar surface area (TPSA) is 93.0 Å². The van der Waals surface area contributed by atoms with Crippen molar-refractivity contribution in [2.75, 3.05) is 5.32 Å². The second-order valence-corrected chi connectivity index (χ2v) is 8.13. The largest absolute Gasteiger partial charge is 0.550 e. The molecule has 1 amide bonds. The molecule has 130 valence electrons. The van der Waals surface area contributed by atoms with Gasteiger partial charge in [0.2, 0.25) is 5.91 Å². The van der Waals surface area contributed by atoms with Crippen molar-refractivity contribution in [3.63, 3.8) is 0 Å². The van der Waals surface area contributed by atoms with Crippen LogP contribution in [0.15, 0.2) is 0 Å². The minimum absolute atomic E-state index is 0.138. The number of amides is 1. The number of aliphatic carboxylic acids is 1. The molecule has 5 nitrogen and oxygen atoms in total. The highest BCUT2D eigenvalue weighted by Gasteiger charge is 2.34. The number of nitrogens with one attached hydrogen (secondary N) is 1. The molecule has 0 unspecified atom stereocenters. The van der Waals surface area contributed by atoms with Crippen LogP contribution in [0.2, 0.25) is 0 Å². The minimum atomic E-state index is -1.25. The molecule has 0 bridgehead atoms. The molecule has 1 heterocycles. The van der Waals surface area contributed by atoms with Crippen molar-refractivity contribution in [1.82, 2.24) is 0 Å². The van der Waals surface area contributed by atoms with Crippen LogP contribution in [0.4, 0.5) is 5.00 Å². The van der Waals surface area contributed by atoms with Crippen LogP contribution in [0.25, 0.3) is 0 Å². The average molecular weight is 347 g/mol. The average Bonchev–Trinajstić information content (AvgIpc) is 2.88. The Morgan fingerprint density at radius 3 is 2.71 bits per heavy atom. The van der Waals surface area contributed by atoms with Crippen molar-refractivity contribution in [3.05, 3.63) is 16.0 Å². The van der Waals surface area contributed by atoms with Gasteiger partial charge in [-0.2, -0.15) is 5.26 Å². The third-order valence-electron chi connectivity index (χ3n) is 5.20. The zero-order valence-corrected chi connectivity index (χ0v) is 15.2. The molecule has 0 aromatic carbocycles. The molecule has 0 saturated carbocycles. The van der Waals surface area contributed by atoms with E-state index in [4.69, 9.17) is 0 Å². The Bertz CT molecular complexity index is 685. The van der Waals surface area contributed by atoms with E-state index in [9.17, 15) is 20.0 Å². The third kappa shape index (κ3) is 3.96. The number of nitriles is 1. The van der Waals surface area contributed by atoms with E-state index in [2.05, 4.69) is 32.2 Å². The Kier molecular flexibility index (Phi) is 5.66. The lowest BCUT2D eigenvalue weighted by Gasteiger charge is -2.36. The summed E-state index contributed by atoms with van der Waals surface area (Å²) < 4.78 is 0. The van der Waals surface area contributed by atoms with Crippen LogP contribution in [-0.4, -0.2) is 11.9 Å². The summed E-state index contributed by atoms with van der Waals surface area (Å²) >= 11 is 1.46. The zero-order chi connectivity index (χ0) is 17.9. The van der Waals surface area contributed by atoms with Crippen molar-refractivity contribution >= 4 is 28.2 Å². The van der Waals surface area contributed by atoms with Gasteiger partial charge in [0.05, 0.1) is 5.56 Å². The van der Waals surface area contributed by atoms with Crippen molar-refractivity contribution < 1.29 is 14.7 Å². The first-order valence-electron chi connectivity index (χ1n) is 8.32. The van der Waals surface area contributed by atoms with Gasteiger partial charge in [0, 0.05) is 17.3 Å². The molecule has 1 N–H and O–H groups in total. The van der Waals surface area contributed by atoms with E-state index in [0.717, 1.165) is 31.2 Å². The molecule has 0 spiro atoms. The fourth-order valence-corrected chi connectivity index (χ4v) is 4.45. The van der Waals surface area contributed by atoms with Crippen LogP contribution in [-0.2, 0) is 22.4 Å². The van der Waals surface area contributed by atoms with E-state index in [0.29, 0.717) is 16.5 Å². The summed E-state index contributed by atoms with van der Waals surface area (Å²) in [6.45, 7) is 6.77. The lowest BCUT2D eigenvalue weighted by Crippen LogP contribution is -2.28. The summed E-state index contributed by atoms with van der Waals surface area (Å²) in [4.78, 5) is 23.5. The molecule has 0 fully saturated rings. The molecule has 0 saturated heterocycles. The van der Waals surface area contributed by atoms with Gasteiger partial charge in [-0.25, -0.2) is 0 Å². The van der Waals surface area contributed by atoms with Gasteiger partial charge in [0.25, 0.3) is 0 Å². The first-order valence-corrected chi connectivity index (χ1v) is 9.14. The molecule has 1 aromatic rings. The number of thiophene rings is 1. The third-order valence-corrected chi connectivity index (χ3v) is 6.37. The van der Waals surface area contributed by atoms with Crippen molar-refractivity contribution in [2.24, 2.45) is 11.3 Å². The summed E-state index contributed by atoms with van der Waals surface area (Å²) in [5.74, 6) is -1.07. The van der Waals surface area contributed by atoms with Crippen LogP contribution < -0.4 is 10.4 Å². The number of hydrogen-bond donors (Lipinski definition) is 1. The number of fused-ring (bicyclic) bond motifs is 1. The molecule has 24 heavy (non-hydrogen) atoms. The summed E-state index contributed by atoms with van der Waals surface area (Å²) in [5.41, 5.74) is 1.86. The quantitative estimate of drug-likeness (QED) is 0.856. The van der Waals surface area contributed by atoms with Gasteiger partial charge >= 0.3 is 0 Å². The fraction of sp³-hybridized carbons (Fsp3) is 0.611. The number of carbonyl (C=O) groups excluding carboxylic acids is 2. The van der Waals surface area contributed by atoms with Crippen molar-refractivity contribution in [2.45, 2.75) is 59.3 Å². The van der Waals surface area contributed by atoms with Crippen LogP contribution in [0, 0.1) is 22.7 Å². The van der Waals surface area contributed by atoms with Gasteiger partial charge in [0.1, 0.15) is 11.1 Å². The smallest absolute Gasteiger partial charge is 0.225 e. The van der Waals surface area contributed by atoms with Gasteiger partial charge < -0.3 is 15.2 Å². The first-order chi connectivity index (χ1) is 11.3. The fourth-order valence-electron chi connectivity index (χ4n) is 3.15. The van der Waals surface area contributed by atoms with Gasteiger partial charge in [-0.3, -0.25) is 4.79 Å². The van der Waals surface area contributed by atoms with Crippen LogP contribution in [0.1, 0.15) is 62.5 Å². The molecule has 2 rings (SSSR count). The number of anilines is 1. The van der Waals surface area contributed by atoms with E-state index in [1.165, 1.54) is 16.2 Å².